The number of piperazine rings is 1. The van der Waals surface area contributed by atoms with Crippen LogP contribution >= 0.6 is 23.2 Å². The maximum absolute atomic E-state index is 12.7. The Morgan fingerprint density at radius 1 is 1.13 bits per heavy atom. The predicted octanol–water partition coefficient (Wildman–Crippen LogP) is 2.89. The Kier molecular flexibility index (Phi) is 7.82. The van der Waals surface area contributed by atoms with Crippen molar-refractivity contribution in [1.82, 2.24) is 9.80 Å². The minimum absolute atomic E-state index is 0.0197. The lowest BCUT2D eigenvalue weighted by Gasteiger charge is -2.39. The van der Waals surface area contributed by atoms with Gasteiger partial charge in [-0.05, 0) is 42.8 Å². The standard InChI is InChI=1S/C21H25Cl2N3O4S/c1-15-11-25(12-16-2-4-18(22)5-3-16)8-9-26(15)21(27)13-30-20-7-6-19(23)10-17(20)14-31(24,28)29/h2-7,10,15H,8-9,11-14H2,1H3,(H2,24,28,29)/t15-/m1/s1. The Labute approximate surface area is 192 Å². The third-order valence-corrected chi connectivity index (χ3v) is 6.28. The zero-order valence-corrected chi connectivity index (χ0v) is 19.5. The van der Waals surface area contributed by atoms with Gasteiger partial charge >= 0.3 is 0 Å². The molecule has 1 saturated heterocycles. The number of halogens is 2. The summed E-state index contributed by atoms with van der Waals surface area (Å²) < 4.78 is 28.6. The summed E-state index contributed by atoms with van der Waals surface area (Å²) in [6.45, 7) is 4.67. The summed E-state index contributed by atoms with van der Waals surface area (Å²) >= 11 is 11.9. The van der Waals surface area contributed by atoms with E-state index in [9.17, 15) is 13.2 Å². The molecule has 31 heavy (non-hydrogen) atoms. The monoisotopic (exact) mass is 485 g/mol. The lowest BCUT2D eigenvalue weighted by atomic mass is 10.1. The van der Waals surface area contributed by atoms with Crippen LogP contribution in [0.3, 0.4) is 0 Å². The average Bonchev–Trinajstić information content (AvgIpc) is 2.68. The van der Waals surface area contributed by atoms with Crippen LogP contribution in [0.25, 0.3) is 0 Å². The number of nitrogens with zero attached hydrogens (tertiary/aromatic N) is 2. The summed E-state index contributed by atoms with van der Waals surface area (Å²) in [5.74, 6) is -0.299. The molecule has 1 aliphatic heterocycles. The van der Waals surface area contributed by atoms with E-state index in [1.54, 1.807) is 17.0 Å². The Hall–Kier alpha value is -1.84. The maximum Gasteiger partial charge on any atom is 0.260 e. The molecule has 0 radical (unpaired) electrons. The van der Waals surface area contributed by atoms with Crippen LogP contribution in [0.2, 0.25) is 10.0 Å². The number of primary sulfonamides is 1. The number of carbonyl (C=O) groups is 1. The molecule has 1 amide bonds. The van der Waals surface area contributed by atoms with E-state index in [-0.39, 0.29) is 24.3 Å². The molecule has 3 rings (SSSR count). The van der Waals surface area contributed by atoms with Gasteiger partial charge in [-0.2, -0.15) is 0 Å². The Morgan fingerprint density at radius 3 is 2.45 bits per heavy atom. The number of sulfonamides is 1. The van der Waals surface area contributed by atoms with Crippen molar-refractivity contribution in [3.63, 3.8) is 0 Å². The van der Waals surface area contributed by atoms with Gasteiger partial charge in [0.1, 0.15) is 5.75 Å². The fourth-order valence-electron chi connectivity index (χ4n) is 3.64. The summed E-state index contributed by atoms with van der Waals surface area (Å²) in [5, 5.41) is 6.21. The van der Waals surface area contributed by atoms with Crippen LogP contribution in [0.1, 0.15) is 18.1 Å². The van der Waals surface area contributed by atoms with E-state index in [0.717, 1.165) is 19.6 Å². The van der Waals surface area contributed by atoms with Gasteiger partial charge in [0.15, 0.2) is 6.61 Å². The topological polar surface area (TPSA) is 92.9 Å². The second kappa shape index (κ2) is 10.2. The van der Waals surface area contributed by atoms with Gasteiger partial charge in [0, 0.05) is 47.8 Å². The molecule has 10 heteroatoms. The lowest BCUT2D eigenvalue weighted by molar-refractivity contribution is -0.138. The summed E-state index contributed by atoms with van der Waals surface area (Å²) in [4.78, 5) is 16.8. The maximum atomic E-state index is 12.7. The van der Waals surface area contributed by atoms with Crippen molar-refractivity contribution in [2.45, 2.75) is 25.3 Å². The molecule has 1 aliphatic rings. The van der Waals surface area contributed by atoms with Gasteiger partial charge in [-0.25, -0.2) is 13.6 Å². The molecule has 0 aliphatic carbocycles. The quantitative estimate of drug-likeness (QED) is 0.650. The van der Waals surface area contributed by atoms with E-state index < -0.39 is 15.8 Å². The molecule has 1 atom stereocenters. The average molecular weight is 486 g/mol. The molecular formula is C21H25Cl2N3O4S. The SMILES string of the molecule is C[C@@H]1CN(Cc2ccc(Cl)cc2)CCN1C(=O)COc1ccc(Cl)cc1CS(N)(=O)=O. The number of carbonyl (C=O) groups excluding carboxylic acids is 1. The van der Waals surface area contributed by atoms with E-state index in [2.05, 4.69) is 4.90 Å². The fourth-order valence-corrected chi connectivity index (χ4v) is 4.62. The molecule has 0 bridgehead atoms. The number of ether oxygens (including phenoxy) is 1. The second-order valence-corrected chi connectivity index (χ2v) is 10.1. The fraction of sp³-hybridized carbons (Fsp3) is 0.381. The van der Waals surface area contributed by atoms with Crippen molar-refractivity contribution in [1.29, 1.82) is 0 Å². The molecule has 168 valence electrons. The highest BCUT2D eigenvalue weighted by Gasteiger charge is 2.27. The van der Waals surface area contributed by atoms with Crippen LogP contribution in [0.15, 0.2) is 42.5 Å². The first-order valence-electron chi connectivity index (χ1n) is 9.78. The van der Waals surface area contributed by atoms with Gasteiger partial charge < -0.3 is 9.64 Å². The molecular weight excluding hydrogens is 461 g/mol. The Bertz CT molecular complexity index is 1030. The van der Waals surface area contributed by atoms with Crippen molar-refractivity contribution in [2.75, 3.05) is 26.2 Å². The van der Waals surface area contributed by atoms with Crippen LogP contribution < -0.4 is 9.88 Å². The van der Waals surface area contributed by atoms with Crippen LogP contribution in [0.5, 0.6) is 5.75 Å². The smallest absolute Gasteiger partial charge is 0.260 e. The van der Waals surface area contributed by atoms with Gasteiger partial charge in [-0.1, -0.05) is 35.3 Å². The Morgan fingerprint density at radius 2 is 1.81 bits per heavy atom. The summed E-state index contributed by atoms with van der Waals surface area (Å²) in [6.07, 6.45) is 0. The van der Waals surface area contributed by atoms with Crippen LogP contribution in [-0.2, 0) is 27.1 Å². The predicted molar refractivity (Wildman–Crippen MR) is 122 cm³/mol. The molecule has 0 unspecified atom stereocenters. The first-order valence-corrected chi connectivity index (χ1v) is 12.3. The van der Waals surface area contributed by atoms with Crippen molar-refractivity contribution in [2.24, 2.45) is 5.14 Å². The minimum atomic E-state index is -3.77. The highest BCUT2D eigenvalue weighted by atomic mass is 35.5. The van der Waals surface area contributed by atoms with Gasteiger partial charge in [0.05, 0.1) is 5.75 Å². The van der Waals surface area contributed by atoms with Crippen molar-refractivity contribution in [3.8, 4) is 5.75 Å². The first-order chi connectivity index (χ1) is 14.6. The largest absolute Gasteiger partial charge is 0.483 e. The van der Waals surface area contributed by atoms with Gasteiger partial charge in [0.2, 0.25) is 10.0 Å². The molecule has 7 nitrogen and oxygen atoms in total. The number of nitrogens with two attached hydrogens (primary N) is 1. The third kappa shape index (κ3) is 7.08. The second-order valence-electron chi connectivity index (χ2n) is 7.65. The molecule has 0 saturated carbocycles. The van der Waals surface area contributed by atoms with E-state index in [4.69, 9.17) is 33.1 Å². The summed E-state index contributed by atoms with van der Waals surface area (Å²) in [7, 11) is -3.77. The summed E-state index contributed by atoms with van der Waals surface area (Å²) in [5.41, 5.74) is 1.49. The van der Waals surface area contributed by atoms with Crippen LogP contribution in [0, 0.1) is 0 Å². The molecule has 2 N–H and O–H groups in total. The van der Waals surface area contributed by atoms with E-state index in [0.29, 0.717) is 22.2 Å². The van der Waals surface area contributed by atoms with Crippen LogP contribution in [0.4, 0.5) is 0 Å². The zero-order valence-electron chi connectivity index (χ0n) is 17.1. The Balaban J connectivity index is 1.56. The number of amides is 1. The highest BCUT2D eigenvalue weighted by Crippen LogP contribution is 2.25. The highest BCUT2D eigenvalue weighted by molar-refractivity contribution is 7.88. The number of hydrogen-bond acceptors (Lipinski definition) is 5. The molecule has 2 aromatic carbocycles. The third-order valence-electron chi connectivity index (χ3n) is 5.08. The van der Waals surface area contributed by atoms with Crippen molar-refractivity contribution in [3.05, 3.63) is 63.6 Å². The lowest BCUT2D eigenvalue weighted by Crippen LogP contribution is -2.54. The number of benzene rings is 2. The van der Waals surface area contributed by atoms with E-state index >= 15 is 0 Å². The molecule has 0 spiro atoms. The van der Waals surface area contributed by atoms with Crippen LogP contribution in [-0.4, -0.2) is 56.4 Å². The molecule has 0 aromatic heterocycles. The molecule has 1 heterocycles. The molecule has 1 fully saturated rings. The van der Waals surface area contributed by atoms with Crippen molar-refractivity contribution < 1.29 is 17.9 Å². The molecule has 2 aromatic rings. The van der Waals surface area contributed by atoms with E-state index in [1.165, 1.54) is 11.6 Å². The van der Waals surface area contributed by atoms with Gasteiger partial charge in [0.25, 0.3) is 5.91 Å². The van der Waals surface area contributed by atoms with Gasteiger partial charge in [-0.15, -0.1) is 0 Å². The van der Waals surface area contributed by atoms with Gasteiger partial charge in [-0.3, -0.25) is 9.69 Å². The summed E-state index contributed by atoms with van der Waals surface area (Å²) in [6, 6.07) is 12.4. The number of hydrogen-bond donors (Lipinski definition) is 1. The minimum Gasteiger partial charge on any atom is -0.483 e. The normalized spacial score (nSPS) is 17.5. The van der Waals surface area contributed by atoms with E-state index in [1.807, 2.05) is 31.2 Å². The van der Waals surface area contributed by atoms with Crippen molar-refractivity contribution >= 4 is 39.1 Å². The first kappa shape index (κ1) is 23.8. The zero-order chi connectivity index (χ0) is 22.6. The number of rotatable bonds is 7.